The summed E-state index contributed by atoms with van der Waals surface area (Å²) in [6.07, 6.45) is 2.31. The molecule has 1 amide bonds. The van der Waals surface area contributed by atoms with Crippen LogP contribution in [0.1, 0.15) is 34.3 Å². The van der Waals surface area contributed by atoms with Crippen molar-refractivity contribution >= 4 is 62.0 Å². The molecular weight excluding hydrogens is 806 g/mol. The van der Waals surface area contributed by atoms with Crippen LogP contribution >= 0.6 is 23.4 Å². The Labute approximate surface area is 354 Å². The van der Waals surface area contributed by atoms with Crippen LogP contribution in [0.25, 0.3) is 11.1 Å². The maximum atomic E-state index is 13.5. The molecule has 12 nitrogen and oxygen atoms in total. The summed E-state index contributed by atoms with van der Waals surface area (Å²) in [6, 6.07) is 32.9. The molecule has 15 heteroatoms. The SMILES string of the molecule is CN(C)CC[C@H](CSc1ccccc1)Nc1ccc(S(=O)(=O)NC(=O)c2ccc3c(c2)CC[C@@H]2CN(Cc4cc(N)ccc4-c4ccc(Cl)cc4)CCN32)cc1[N+](=O)[O-]. The molecule has 4 N–H and O–H groups in total. The van der Waals surface area contributed by atoms with Gasteiger partial charge < -0.3 is 20.9 Å². The minimum atomic E-state index is -4.45. The second kappa shape index (κ2) is 18.4. The van der Waals surface area contributed by atoms with Crippen molar-refractivity contribution in [2.75, 3.05) is 62.0 Å². The summed E-state index contributed by atoms with van der Waals surface area (Å²) in [4.78, 5) is 32.7. The van der Waals surface area contributed by atoms with E-state index in [1.54, 1.807) is 23.9 Å². The van der Waals surface area contributed by atoms with Crippen LogP contribution in [-0.2, 0) is 23.0 Å². The lowest BCUT2D eigenvalue weighted by molar-refractivity contribution is -0.384. The number of aryl methyl sites for hydroxylation is 1. The van der Waals surface area contributed by atoms with Crippen molar-refractivity contribution in [2.45, 2.75) is 47.7 Å². The van der Waals surface area contributed by atoms with E-state index in [9.17, 15) is 23.3 Å². The first-order chi connectivity index (χ1) is 28.3. The third kappa shape index (κ3) is 10.4. The van der Waals surface area contributed by atoms with Gasteiger partial charge in [0.1, 0.15) is 5.69 Å². The number of amides is 1. The standard InChI is InChI=1S/C44H48ClN7O5S2/c1-49(2)21-20-36(29-58-38-6-4-3-5-7-38)47-41-18-16-39(26-43(41)52(54)55)59(56,57)48-44(53)32-11-19-42-31(24-32)10-15-37-28-50(22-23-51(37)42)27-33-25-35(46)14-17-40(33)30-8-12-34(45)13-9-30/h3-9,11-14,16-19,24-26,36-37,47H,10,15,20-23,27-29,46H2,1-2H3,(H,48,53)/t36-,37-/m1/s1. The van der Waals surface area contributed by atoms with Crippen LogP contribution in [-0.4, -0.2) is 87.2 Å². The molecule has 5 aromatic rings. The Balaban J connectivity index is 1.00. The number of nitro benzene ring substituents is 1. The van der Waals surface area contributed by atoms with Crippen molar-refractivity contribution in [3.63, 3.8) is 0 Å². The largest absolute Gasteiger partial charge is 0.399 e. The maximum Gasteiger partial charge on any atom is 0.293 e. The van der Waals surface area contributed by atoms with E-state index >= 15 is 0 Å². The molecule has 2 atom stereocenters. The molecule has 0 spiro atoms. The molecule has 59 heavy (non-hydrogen) atoms. The number of nitrogens with one attached hydrogen (secondary N) is 2. The Morgan fingerprint density at radius 2 is 1.78 bits per heavy atom. The number of fused-ring (bicyclic) bond motifs is 3. The van der Waals surface area contributed by atoms with Gasteiger partial charge in [-0.3, -0.25) is 19.8 Å². The zero-order valence-corrected chi connectivity index (χ0v) is 35.4. The summed E-state index contributed by atoms with van der Waals surface area (Å²) in [5, 5.41) is 16.2. The zero-order valence-electron chi connectivity index (χ0n) is 33.0. The van der Waals surface area contributed by atoms with Gasteiger partial charge in [-0.05, 0) is 129 Å². The maximum absolute atomic E-state index is 13.5. The average Bonchev–Trinajstić information content (AvgIpc) is 3.22. The third-order valence-corrected chi connectivity index (χ3v) is 13.6. The van der Waals surface area contributed by atoms with Crippen LogP contribution < -0.4 is 20.7 Å². The van der Waals surface area contributed by atoms with Gasteiger partial charge in [0.25, 0.3) is 21.6 Å². The number of sulfonamides is 1. The van der Waals surface area contributed by atoms with Crippen molar-refractivity contribution in [3.8, 4) is 11.1 Å². The molecule has 308 valence electrons. The quantitative estimate of drug-likeness (QED) is 0.0410. The van der Waals surface area contributed by atoms with Crippen molar-refractivity contribution in [2.24, 2.45) is 0 Å². The van der Waals surface area contributed by atoms with E-state index < -0.39 is 26.5 Å². The van der Waals surface area contributed by atoms with Crippen molar-refractivity contribution < 1.29 is 18.1 Å². The number of carbonyl (C=O) groups excluding carboxylic acids is 1. The normalized spacial score (nSPS) is 15.9. The Bertz CT molecular complexity index is 2420. The number of rotatable bonds is 15. The molecule has 0 radical (unpaired) electrons. The van der Waals surface area contributed by atoms with Crippen molar-refractivity contribution in [3.05, 3.63) is 141 Å². The summed E-state index contributed by atoms with van der Waals surface area (Å²) < 4.78 is 29.2. The molecule has 0 bridgehead atoms. The molecule has 0 saturated carbocycles. The Kier molecular flexibility index (Phi) is 13.1. The lowest BCUT2D eigenvalue weighted by atomic mass is 9.92. The van der Waals surface area contributed by atoms with E-state index in [1.807, 2.05) is 91.8 Å². The van der Waals surface area contributed by atoms with Crippen LogP contribution in [0.3, 0.4) is 0 Å². The van der Waals surface area contributed by atoms with Gasteiger partial charge in [-0.25, -0.2) is 13.1 Å². The molecule has 0 unspecified atom stereocenters. The number of benzene rings is 5. The van der Waals surface area contributed by atoms with E-state index in [4.69, 9.17) is 17.3 Å². The molecule has 1 fully saturated rings. The van der Waals surface area contributed by atoms with Gasteiger partial charge in [-0.2, -0.15) is 0 Å². The Hall–Kier alpha value is -5.12. The fraction of sp³-hybridized carbons (Fsp3) is 0.295. The minimum Gasteiger partial charge on any atom is -0.399 e. The lowest BCUT2D eigenvalue weighted by Crippen LogP contribution is -2.54. The fourth-order valence-electron chi connectivity index (χ4n) is 7.79. The first-order valence-corrected chi connectivity index (χ1v) is 22.4. The van der Waals surface area contributed by atoms with Gasteiger partial charge in [0.15, 0.2) is 0 Å². The van der Waals surface area contributed by atoms with Gasteiger partial charge in [0, 0.05) is 76.9 Å². The number of carbonyl (C=O) groups is 1. The van der Waals surface area contributed by atoms with Gasteiger partial charge in [0.2, 0.25) is 0 Å². The predicted molar refractivity (Wildman–Crippen MR) is 238 cm³/mol. The second-order valence-electron chi connectivity index (χ2n) is 15.3. The molecule has 0 aromatic heterocycles. The van der Waals surface area contributed by atoms with Gasteiger partial charge in [-0.1, -0.05) is 48.0 Å². The highest BCUT2D eigenvalue weighted by Gasteiger charge is 2.33. The number of anilines is 3. The van der Waals surface area contributed by atoms with Crippen molar-refractivity contribution in [1.82, 2.24) is 14.5 Å². The summed E-state index contributed by atoms with van der Waals surface area (Å²) in [7, 11) is -0.524. The lowest BCUT2D eigenvalue weighted by Gasteiger charge is -2.46. The fourth-order valence-corrected chi connectivity index (χ4v) is 9.90. The second-order valence-corrected chi connectivity index (χ2v) is 18.5. The van der Waals surface area contributed by atoms with Gasteiger partial charge in [0.05, 0.1) is 9.82 Å². The number of nitrogens with two attached hydrogens (primary N) is 1. The highest BCUT2D eigenvalue weighted by Crippen LogP contribution is 2.36. The number of thioether (sulfide) groups is 1. The molecule has 5 aromatic carbocycles. The van der Waals surface area contributed by atoms with E-state index in [0.717, 1.165) is 90.2 Å². The summed E-state index contributed by atoms with van der Waals surface area (Å²) >= 11 is 7.79. The summed E-state index contributed by atoms with van der Waals surface area (Å²) in [5.41, 5.74) is 12.3. The average molecular weight is 854 g/mol. The van der Waals surface area contributed by atoms with Crippen molar-refractivity contribution in [1.29, 1.82) is 0 Å². The van der Waals surface area contributed by atoms with E-state index in [-0.39, 0.29) is 28.2 Å². The topological polar surface area (TPSA) is 154 Å². The molecule has 7 rings (SSSR count). The predicted octanol–water partition coefficient (Wildman–Crippen LogP) is 7.78. The number of nitrogen functional groups attached to an aromatic ring is 1. The van der Waals surface area contributed by atoms with Gasteiger partial charge >= 0.3 is 0 Å². The monoisotopic (exact) mass is 853 g/mol. The number of nitrogens with zero attached hydrogens (tertiary/aromatic N) is 4. The number of hydrogen-bond acceptors (Lipinski definition) is 11. The zero-order chi connectivity index (χ0) is 41.7. The molecule has 0 aliphatic carbocycles. The minimum absolute atomic E-state index is 0.144. The smallest absolute Gasteiger partial charge is 0.293 e. The number of piperazine rings is 1. The highest BCUT2D eigenvalue weighted by atomic mass is 35.5. The molecule has 2 aliphatic heterocycles. The van der Waals surface area contributed by atoms with Crippen LogP contribution in [0, 0.1) is 10.1 Å². The van der Waals surface area contributed by atoms with Crippen LogP contribution in [0.4, 0.5) is 22.7 Å². The third-order valence-electron chi connectivity index (χ3n) is 10.8. The highest BCUT2D eigenvalue weighted by molar-refractivity contribution is 7.99. The molecule has 1 saturated heterocycles. The number of halogens is 1. The van der Waals surface area contributed by atoms with Crippen LogP contribution in [0.15, 0.2) is 119 Å². The first kappa shape index (κ1) is 42.0. The van der Waals surface area contributed by atoms with E-state index in [1.165, 1.54) is 12.1 Å². The molecular formula is C44H48ClN7O5S2. The number of nitro groups is 1. The van der Waals surface area contributed by atoms with E-state index in [2.05, 4.69) is 25.9 Å². The van der Waals surface area contributed by atoms with Gasteiger partial charge in [-0.15, -0.1) is 11.8 Å². The first-order valence-electron chi connectivity index (χ1n) is 19.5. The Morgan fingerprint density at radius 3 is 2.53 bits per heavy atom. The van der Waals surface area contributed by atoms with E-state index in [0.29, 0.717) is 17.2 Å². The Morgan fingerprint density at radius 1 is 1.00 bits per heavy atom. The van der Waals surface area contributed by atoms with Crippen LogP contribution in [0.2, 0.25) is 5.02 Å². The summed E-state index contributed by atoms with van der Waals surface area (Å²) in [6.45, 7) is 3.98. The summed E-state index contributed by atoms with van der Waals surface area (Å²) in [5.74, 6) is -0.163. The number of hydrogen-bond donors (Lipinski definition) is 3. The molecule has 2 heterocycles. The van der Waals surface area contributed by atoms with Crippen LogP contribution in [0.5, 0.6) is 0 Å². The molecule has 2 aliphatic rings.